The van der Waals surface area contributed by atoms with E-state index in [0.29, 0.717) is 11.5 Å². The van der Waals surface area contributed by atoms with Crippen molar-refractivity contribution < 1.29 is 22.4 Å². The zero-order valence-electron chi connectivity index (χ0n) is 10.4. The van der Waals surface area contributed by atoms with E-state index >= 15 is 0 Å². The molecule has 0 fully saturated rings. The molecule has 0 amide bonds. The highest BCUT2D eigenvalue weighted by Gasteiger charge is 2.30. The minimum Gasteiger partial charge on any atom is -0.489 e. The lowest BCUT2D eigenvalue weighted by Gasteiger charge is -2.10. The largest absolute Gasteiger partial charge is 0.489 e. The molecule has 1 aromatic heterocycles. The first kappa shape index (κ1) is 13.5. The maximum Gasteiger partial charge on any atom is 0.416 e. The van der Waals surface area contributed by atoms with Crippen LogP contribution >= 0.6 is 0 Å². The number of aryl methyl sites for hydroxylation is 2. The maximum absolute atomic E-state index is 12.5. The van der Waals surface area contributed by atoms with Gasteiger partial charge in [-0.2, -0.15) is 13.2 Å². The summed E-state index contributed by atoms with van der Waals surface area (Å²) in [4.78, 5) is 0. The van der Waals surface area contributed by atoms with Gasteiger partial charge in [-0.05, 0) is 32.0 Å². The quantitative estimate of drug-likeness (QED) is 0.849. The number of hydrogen-bond acceptors (Lipinski definition) is 3. The van der Waals surface area contributed by atoms with Gasteiger partial charge in [0.2, 0.25) is 0 Å². The van der Waals surface area contributed by atoms with Crippen LogP contribution in [0.5, 0.6) is 5.75 Å². The Morgan fingerprint density at radius 3 is 2.58 bits per heavy atom. The molecular formula is C13H12F3NO2. The lowest BCUT2D eigenvalue weighted by molar-refractivity contribution is -0.137. The van der Waals surface area contributed by atoms with Crippen molar-refractivity contribution in [2.24, 2.45) is 0 Å². The Kier molecular flexibility index (Phi) is 3.50. The van der Waals surface area contributed by atoms with Gasteiger partial charge in [-0.1, -0.05) is 11.2 Å². The molecule has 2 rings (SSSR count). The average Bonchev–Trinajstić information content (AvgIpc) is 2.66. The van der Waals surface area contributed by atoms with Crippen molar-refractivity contribution in [1.82, 2.24) is 5.16 Å². The van der Waals surface area contributed by atoms with E-state index in [-0.39, 0.29) is 12.4 Å². The summed E-state index contributed by atoms with van der Waals surface area (Å²) in [5.41, 5.74) is 0.686. The fourth-order valence-corrected chi connectivity index (χ4v) is 1.63. The maximum atomic E-state index is 12.5. The third-order valence-electron chi connectivity index (χ3n) is 2.73. The van der Waals surface area contributed by atoms with Crippen molar-refractivity contribution in [3.63, 3.8) is 0 Å². The predicted molar refractivity (Wildman–Crippen MR) is 61.8 cm³/mol. The van der Waals surface area contributed by atoms with Gasteiger partial charge in [-0.3, -0.25) is 0 Å². The van der Waals surface area contributed by atoms with Gasteiger partial charge in [0.05, 0.1) is 16.8 Å². The van der Waals surface area contributed by atoms with Gasteiger partial charge in [0, 0.05) is 0 Å². The van der Waals surface area contributed by atoms with Crippen molar-refractivity contribution in [2.45, 2.75) is 26.6 Å². The Morgan fingerprint density at radius 1 is 1.26 bits per heavy atom. The first-order valence-corrected chi connectivity index (χ1v) is 5.59. The highest BCUT2D eigenvalue weighted by molar-refractivity contribution is 5.31. The van der Waals surface area contributed by atoms with Crippen LogP contribution in [0.3, 0.4) is 0 Å². The molecule has 0 aliphatic heterocycles. The monoisotopic (exact) mass is 271 g/mol. The van der Waals surface area contributed by atoms with Gasteiger partial charge < -0.3 is 9.26 Å². The number of alkyl halides is 3. The fourth-order valence-electron chi connectivity index (χ4n) is 1.63. The van der Waals surface area contributed by atoms with E-state index < -0.39 is 11.7 Å². The van der Waals surface area contributed by atoms with Crippen LogP contribution in [0.15, 0.2) is 28.8 Å². The minimum atomic E-state index is -4.37. The van der Waals surface area contributed by atoms with E-state index in [4.69, 9.17) is 9.26 Å². The van der Waals surface area contributed by atoms with Crippen molar-refractivity contribution >= 4 is 0 Å². The molecule has 1 heterocycles. The molecule has 0 atom stereocenters. The third-order valence-corrected chi connectivity index (χ3v) is 2.73. The van der Waals surface area contributed by atoms with Crippen LogP contribution in [-0.2, 0) is 12.8 Å². The van der Waals surface area contributed by atoms with Crippen LogP contribution in [0.1, 0.15) is 22.6 Å². The molecule has 102 valence electrons. The summed E-state index contributed by atoms with van der Waals surface area (Å²) in [6.45, 7) is 3.61. The highest BCUT2D eigenvalue weighted by atomic mass is 19.4. The number of benzene rings is 1. The third kappa shape index (κ3) is 3.07. The van der Waals surface area contributed by atoms with Crippen LogP contribution in [0.2, 0.25) is 0 Å². The molecule has 0 aliphatic carbocycles. The van der Waals surface area contributed by atoms with Crippen molar-refractivity contribution in [1.29, 1.82) is 0 Å². The van der Waals surface area contributed by atoms with Gasteiger partial charge in [-0.25, -0.2) is 0 Å². The number of rotatable bonds is 3. The van der Waals surface area contributed by atoms with Gasteiger partial charge in [0.1, 0.15) is 18.1 Å². The molecule has 0 radical (unpaired) electrons. The van der Waals surface area contributed by atoms with Gasteiger partial charge in [0.25, 0.3) is 0 Å². The van der Waals surface area contributed by atoms with E-state index in [9.17, 15) is 13.2 Å². The lowest BCUT2D eigenvalue weighted by Crippen LogP contribution is -2.05. The second-order valence-electron chi connectivity index (χ2n) is 4.12. The number of ether oxygens (including phenoxy) is 1. The van der Waals surface area contributed by atoms with Crippen molar-refractivity contribution in [2.75, 3.05) is 0 Å². The minimum absolute atomic E-state index is 0.127. The first-order valence-electron chi connectivity index (χ1n) is 5.59. The van der Waals surface area contributed by atoms with Crippen molar-refractivity contribution in [3.8, 4) is 5.75 Å². The Morgan fingerprint density at radius 2 is 2.00 bits per heavy atom. The second kappa shape index (κ2) is 4.95. The van der Waals surface area contributed by atoms with Gasteiger partial charge >= 0.3 is 6.18 Å². The molecule has 3 nitrogen and oxygen atoms in total. The zero-order chi connectivity index (χ0) is 14.0. The summed E-state index contributed by atoms with van der Waals surface area (Å²) in [6, 6.07) is 4.76. The van der Waals surface area contributed by atoms with Gasteiger partial charge in [-0.15, -0.1) is 0 Å². The number of nitrogens with zero attached hydrogens (tertiary/aromatic N) is 1. The predicted octanol–water partition coefficient (Wildman–Crippen LogP) is 3.89. The SMILES string of the molecule is Cc1noc(C)c1COc1cccc(C(F)(F)F)c1. The Hall–Kier alpha value is -1.98. The molecule has 0 bridgehead atoms. The molecule has 1 aromatic carbocycles. The summed E-state index contributed by atoms with van der Waals surface area (Å²) in [5.74, 6) is 0.763. The summed E-state index contributed by atoms with van der Waals surface area (Å²) in [7, 11) is 0. The molecule has 0 saturated carbocycles. The molecule has 0 N–H and O–H groups in total. The molecule has 0 spiro atoms. The Balaban J connectivity index is 2.12. The fraction of sp³-hybridized carbons (Fsp3) is 0.308. The van der Waals surface area contributed by atoms with Crippen molar-refractivity contribution in [3.05, 3.63) is 46.8 Å². The van der Waals surface area contributed by atoms with E-state index in [2.05, 4.69) is 5.16 Å². The number of hydrogen-bond donors (Lipinski definition) is 0. The van der Waals surface area contributed by atoms with Crippen LogP contribution in [0, 0.1) is 13.8 Å². The molecule has 0 saturated heterocycles. The number of aromatic nitrogens is 1. The summed E-state index contributed by atoms with van der Waals surface area (Å²) < 4.78 is 47.9. The van der Waals surface area contributed by atoms with Crippen LogP contribution in [0.4, 0.5) is 13.2 Å². The molecule has 19 heavy (non-hydrogen) atoms. The summed E-state index contributed by atoms with van der Waals surface area (Å²) in [6.07, 6.45) is -4.37. The Labute approximate surface area is 108 Å². The molecule has 6 heteroatoms. The number of halogens is 3. The molecule has 2 aromatic rings. The van der Waals surface area contributed by atoms with E-state index in [1.807, 2.05) is 0 Å². The summed E-state index contributed by atoms with van der Waals surface area (Å²) in [5, 5.41) is 3.75. The zero-order valence-corrected chi connectivity index (χ0v) is 10.4. The normalized spacial score (nSPS) is 11.6. The van der Waals surface area contributed by atoms with Crippen LogP contribution in [-0.4, -0.2) is 5.16 Å². The first-order chi connectivity index (χ1) is 8.88. The molecule has 0 unspecified atom stereocenters. The highest BCUT2D eigenvalue weighted by Crippen LogP contribution is 2.31. The van der Waals surface area contributed by atoms with E-state index in [1.54, 1.807) is 13.8 Å². The Bertz CT molecular complexity index is 556. The molecular weight excluding hydrogens is 259 g/mol. The lowest BCUT2D eigenvalue weighted by atomic mass is 10.2. The van der Waals surface area contributed by atoms with Crippen LogP contribution in [0.25, 0.3) is 0 Å². The van der Waals surface area contributed by atoms with E-state index in [0.717, 1.165) is 17.7 Å². The van der Waals surface area contributed by atoms with Gasteiger partial charge in [0.15, 0.2) is 0 Å². The van der Waals surface area contributed by atoms with E-state index in [1.165, 1.54) is 12.1 Å². The van der Waals surface area contributed by atoms with Crippen LogP contribution < -0.4 is 4.74 Å². The molecule has 0 aliphatic rings. The smallest absolute Gasteiger partial charge is 0.416 e. The second-order valence-corrected chi connectivity index (χ2v) is 4.12. The topological polar surface area (TPSA) is 35.3 Å². The summed E-state index contributed by atoms with van der Waals surface area (Å²) >= 11 is 0. The average molecular weight is 271 g/mol. The standard InChI is InChI=1S/C13H12F3NO2/c1-8-12(9(2)19-17-8)7-18-11-5-3-4-10(6-11)13(14,15)16/h3-6H,7H2,1-2H3.